The summed E-state index contributed by atoms with van der Waals surface area (Å²) < 4.78 is 11.6. The highest BCUT2D eigenvalue weighted by Crippen LogP contribution is 2.54. The van der Waals surface area contributed by atoms with Crippen molar-refractivity contribution in [3.8, 4) is 0 Å². The standard InChI is InChI=1S/C13H20O5/c1-12(5-6-14)10(9-11(15)16)3-2-4-13(12)17-7-8-18-13/h6,10H,2-5,7-9H2,1H3,(H,15,16)/t10-,12-/m1/s1. The van der Waals surface area contributed by atoms with Crippen molar-refractivity contribution in [1.82, 2.24) is 0 Å². The van der Waals surface area contributed by atoms with E-state index in [0.29, 0.717) is 13.2 Å². The Bertz CT molecular complexity index is 334. The maximum absolute atomic E-state index is 11.0. The molecule has 0 bridgehead atoms. The first kappa shape index (κ1) is 13.5. The summed E-state index contributed by atoms with van der Waals surface area (Å²) in [4.78, 5) is 22.0. The van der Waals surface area contributed by atoms with Crippen LogP contribution >= 0.6 is 0 Å². The first-order valence-electron chi connectivity index (χ1n) is 6.47. The van der Waals surface area contributed by atoms with Gasteiger partial charge >= 0.3 is 5.97 Å². The van der Waals surface area contributed by atoms with Crippen LogP contribution in [-0.4, -0.2) is 36.4 Å². The maximum Gasteiger partial charge on any atom is 0.303 e. The van der Waals surface area contributed by atoms with Crippen molar-refractivity contribution in [1.29, 1.82) is 0 Å². The Kier molecular flexibility index (Phi) is 3.73. The normalized spacial score (nSPS) is 34.6. The first-order chi connectivity index (χ1) is 8.54. The molecule has 1 aliphatic carbocycles. The van der Waals surface area contributed by atoms with Gasteiger partial charge in [0.1, 0.15) is 6.29 Å². The zero-order valence-electron chi connectivity index (χ0n) is 10.7. The van der Waals surface area contributed by atoms with E-state index in [9.17, 15) is 9.59 Å². The van der Waals surface area contributed by atoms with Gasteiger partial charge in [-0.2, -0.15) is 0 Å². The molecule has 1 spiro atoms. The minimum atomic E-state index is -0.827. The van der Waals surface area contributed by atoms with Gasteiger partial charge in [0.05, 0.1) is 13.2 Å². The predicted octanol–water partition coefficient (Wildman–Crippen LogP) is 1.60. The van der Waals surface area contributed by atoms with Crippen LogP contribution in [0.25, 0.3) is 0 Å². The fourth-order valence-corrected chi connectivity index (χ4v) is 3.46. The average molecular weight is 256 g/mol. The van der Waals surface area contributed by atoms with E-state index in [4.69, 9.17) is 14.6 Å². The molecular formula is C13H20O5. The first-order valence-corrected chi connectivity index (χ1v) is 6.47. The van der Waals surface area contributed by atoms with Gasteiger partial charge in [0.2, 0.25) is 0 Å². The van der Waals surface area contributed by atoms with Crippen molar-refractivity contribution >= 4 is 12.3 Å². The van der Waals surface area contributed by atoms with Crippen molar-refractivity contribution in [2.45, 2.75) is 44.8 Å². The second-order valence-electron chi connectivity index (χ2n) is 5.43. The highest BCUT2D eigenvalue weighted by molar-refractivity contribution is 5.67. The molecule has 0 aromatic rings. The summed E-state index contributed by atoms with van der Waals surface area (Å²) in [6.45, 7) is 2.97. The predicted molar refractivity (Wildman–Crippen MR) is 63.0 cm³/mol. The van der Waals surface area contributed by atoms with Gasteiger partial charge in [-0.05, 0) is 18.8 Å². The molecule has 0 radical (unpaired) electrons. The monoisotopic (exact) mass is 256 g/mol. The summed E-state index contributed by atoms with van der Waals surface area (Å²) in [6, 6.07) is 0. The van der Waals surface area contributed by atoms with Gasteiger partial charge in [0.25, 0.3) is 0 Å². The molecule has 1 saturated carbocycles. The number of ether oxygens (including phenoxy) is 2. The van der Waals surface area contributed by atoms with E-state index in [2.05, 4.69) is 0 Å². The molecule has 2 fully saturated rings. The average Bonchev–Trinajstić information content (AvgIpc) is 2.76. The third-order valence-electron chi connectivity index (χ3n) is 4.51. The van der Waals surface area contributed by atoms with E-state index in [1.807, 2.05) is 6.92 Å². The minimum absolute atomic E-state index is 0.0683. The number of carbonyl (C=O) groups is 2. The lowest BCUT2D eigenvalue weighted by Gasteiger charge is -2.51. The lowest BCUT2D eigenvalue weighted by molar-refractivity contribution is -0.268. The lowest BCUT2D eigenvalue weighted by atomic mass is 9.61. The topological polar surface area (TPSA) is 72.8 Å². The molecule has 1 aliphatic heterocycles. The zero-order valence-corrected chi connectivity index (χ0v) is 10.7. The number of carbonyl (C=O) groups excluding carboxylic acids is 1. The third-order valence-corrected chi connectivity index (χ3v) is 4.51. The van der Waals surface area contributed by atoms with Gasteiger partial charge in [-0.3, -0.25) is 4.79 Å². The molecule has 5 heteroatoms. The highest BCUT2D eigenvalue weighted by atomic mass is 16.7. The molecule has 2 rings (SSSR count). The third kappa shape index (κ3) is 2.06. The maximum atomic E-state index is 11.0. The van der Waals surface area contributed by atoms with Crippen molar-refractivity contribution in [3.05, 3.63) is 0 Å². The van der Waals surface area contributed by atoms with Crippen LogP contribution in [0.4, 0.5) is 0 Å². The van der Waals surface area contributed by atoms with Crippen LogP contribution in [-0.2, 0) is 19.1 Å². The van der Waals surface area contributed by atoms with Gasteiger partial charge in [-0.25, -0.2) is 0 Å². The largest absolute Gasteiger partial charge is 0.481 e. The molecule has 0 unspecified atom stereocenters. The molecule has 5 nitrogen and oxygen atoms in total. The molecule has 1 heterocycles. The highest BCUT2D eigenvalue weighted by Gasteiger charge is 2.58. The number of aldehydes is 1. The summed E-state index contributed by atoms with van der Waals surface area (Å²) in [5.41, 5.74) is -0.540. The Morgan fingerprint density at radius 2 is 2.11 bits per heavy atom. The molecule has 0 aromatic heterocycles. The Balaban J connectivity index is 2.29. The Morgan fingerprint density at radius 3 is 2.67 bits per heavy atom. The smallest absolute Gasteiger partial charge is 0.303 e. The number of hydrogen-bond acceptors (Lipinski definition) is 4. The minimum Gasteiger partial charge on any atom is -0.481 e. The van der Waals surface area contributed by atoms with E-state index in [0.717, 1.165) is 25.5 Å². The fraction of sp³-hybridized carbons (Fsp3) is 0.846. The van der Waals surface area contributed by atoms with E-state index >= 15 is 0 Å². The van der Waals surface area contributed by atoms with Crippen LogP contribution < -0.4 is 0 Å². The van der Waals surface area contributed by atoms with Gasteiger partial charge in [0.15, 0.2) is 5.79 Å². The van der Waals surface area contributed by atoms with Crippen LogP contribution in [0.5, 0.6) is 0 Å². The molecule has 18 heavy (non-hydrogen) atoms. The van der Waals surface area contributed by atoms with Crippen molar-refractivity contribution in [3.63, 3.8) is 0 Å². The Hall–Kier alpha value is -0.940. The van der Waals surface area contributed by atoms with Gasteiger partial charge < -0.3 is 19.4 Å². The van der Waals surface area contributed by atoms with Crippen LogP contribution in [0.3, 0.4) is 0 Å². The van der Waals surface area contributed by atoms with E-state index < -0.39 is 17.2 Å². The van der Waals surface area contributed by atoms with Crippen molar-refractivity contribution in [2.75, 3.05) is 13.2 Å². The lowest BCUT2D eigenvalue weighted by Crippen LogP contribution is -2.55. The summed E-state index contributed by atoms with van der Waals surface area (Å²) >= 11 is 0. The van der Waals surface area contributed by atoms with E-state index in [1.54, 1.807) is 0 Å². The molecule has 102 valence electrons. The zero-order chi connectivity index (χ0) is 13.2. The van der Waals surface area contributed by atoms with Crippen molar-refractivity contribution < 1.29 is 24.2 Å². The molecule has 0 amide bonds. The van der Waals surface area contributed by atoms with Crippen LogP contribution in [0.2, 0.25) is 0 Å². The number of aliphatic carboxylic acids is 1. The SMILES string of the molecule is C[C@@]1(CC=O)[C@@H](CC(=O)O)CCCC12OCCO2. The quantitative estimate of drug-likeness (QED) is 0.773. The summed E-state index contributed by atoms with van der Waals surface area (Å²) in [5, 5.41) is 9.03. The fourth-order valence-electron chi connectivity index (χ4n) is 3.46. The second kappa shape index (κ2) is 4.97. The summed E-state index contributed by atoms with van der Waals surface area (Å²) in [7, 11) is 0. The van der Waals surface area contributed by atoms with E-state index in [1.165, 1.54) is 0 Å². The molecule has 1 N–H and O–H groups in total. The molecule has 0 aromatic carbocycles. The summed E-state index contributed by atoms with van der Waals surface area (Å²) in [6.07, 6.45) is 3.64. The van der Waals surface area contributed by atoms with Crippen LogP contribution in [0.15, 0.2) is 0 Å². The molecule has 2 aliphatic rings. The van der Waals surface area contributed by atoms with Gasteiger partial charge in [-0.15, -0.1) is 0 Å². The molecular weight excluding hydrogens is 236 g/mol. The van der Waals surface area contributed by atoms with Crippen LogP contribution in [0.1, 0.15) is 39.0 Å². The van der Waals surface area contributed by atoms with Gasteiger partial charge in [0, 0.05) is 24.7 Å². The summed E-state index contributed by atoms with van der Waals surface area (Å²) in [5.74, 6) is -1.66. The molecule has 2 atom stereocenters. The van der Waals surface area contributed by atoms with Crippen molar-refractivity contribution in [2.24, 2.45) is 11.3 Å². The Labute approximate surface area is 106 Å². The number of rotatable bonds is 4. The Morgan fingerprint density at radius 1 is 1.44 bits per heavy atom. The van der Waals surface area contributed by atoms with E-state index in [-0.39, 0.29) is 18.8 Å². The number of hydrogen-bond donors (Lipinski definition) is 1. The second-order valence-corrected chi connectivity index (χ2v) is 5.43. The number of carboxylic acid groups (broad SMARTS) is 1. The van der Waals surface area contributed by atoms with Gasteiger partial charge in [-0.1, -0.05) is 6.92 Å². The van der Waals surface area contributed by atoms with Crippen LogP contribution in [0, 0.1) is 11.3 Å². The molecule has 1 saturated heterocycles. The number of carboxylic acids is 1.